The zero-order chi connectivity index (χ0) is 25.8. The Bertz CT molecular complexity index is 1200. The molecule has 0 saturated carbocycles. The van der Waals surface area contributed by atoms with Crippen molar-refractivity contribution in [3.63, 3.8) is 0 Å². The Hall–Kier alpha value is -3.52. The van der Waals surface area contributed by atoms with Crippen molar-refractivity contribution in [2.24, 2.45) is 5.92 Å². The molecular weight excluding hydrogens is 456 g/mol. The van der Waals surface area contributed by atoms with Gasteiger partial charge < -0.3 is 19.8 Å². The van der Waals surface area contributed by atoms with Gasteiger partial charge in [-0.2, -0.15) is 0 Å². The molecule has 36 heavy (non-hydrogen) atoms. The van der Waals surface area contributed by atoms with Gasteiger partial charge in [-0.05, 0) is 49.8 Å². The normalized spacial score (nSPS) is 17.3. The first-order valence-electron chi connectivity index (χ1n) is 12.5. The fourth-order valence-corrected chi connectivity index (χ4v) is 4.91. The Morgan fingerprint density at radius 1 is 1.19 bits per heavy atom. The molecule has 0 spiro atoms. The molecule has 2 amide bonds. The maximum atomic E-state index is 13.5. The Kier molecular flexibility index (Phi) is 7.84. The van der Waals surface area contributed by atoms with Crippen molar-refractivity contribution < 1.29 is 19.2 Å². The lowest BCUT2D eigenvalue weighted by molar-refractivity contribution is -0.141. The summed E-state index contributed by atoms with van der Waals surface area (Å²) in [7, 11) is 0. The number of rotatable bonds is 8. The van der Waals surface area contributed by atoms with Crippen LogP contribution < -0.4 is 5.32 Å². The van der Waals surface area contributed by atoms with Gasteiger partial charge in [0.1, 0.15) is 17.7 Å². The molecule has 8 nitrogen and oxygen atoms in total. The molecule has 0 radical (unpaired) electrons. The van der Waals surface area contributed by atoms with E-state index in [-0.39, 0.29) is 24.3 Å². The Labute approximate surface area is 211 Å². The highest BCUT2D eigenvalue weighted by molar-refractivity contribution is 5.91. The Balaban J connectivity index is 1.48. The predicted molar refractivity (Wildman–Crippen MR) is 136 cm³/mol. The number of likely N-dealkylation sites (tertiary alicyclic amines) is 1. The molecule has 1 saturated heterocycles. The number of hydrogen-bond acceptors (Lipinski definition) is 6. The number of aliphatic hydroxyl groups excluding tert-OH is 1. The molecule has 0 unspecified atom stereocenters. The van der Waals surface area contributed by atoms with E-state index in [0.717, 1.165) is 28.8 Å². The second-order valence-electron chi connectivity index (χ2n) is 9.82. The lowest BCUT2D eigenvalue weighted by Gasteiger charge is -2.30. The maximum absolute atomic E-state index is 13.5. The van der Waals surface area contributed by atoms with Crippen molar-refractivity contribution in [3.8, 4) is 11.3 Å². The third-order valence-corrected chi connectivity index (χ3v) is 6.82. The van der Waals surface area contributed by atoms with E-state index < -0.39 is 18.0 Å². The summed E-state index contributed by atoms with van der Waals surface area (Å²) in [5.74, 6) is -0.387. The van der Waals surface area contributed by atoms with Crippen molar-refractivity contribution in [1.82, 2.24) is 20.4 Å². The number of carbonyl (C=O) groups excluding carboxylic acids is 2. The van der Waals surface area contributed by atoms with Gasteiger partial charge in [0.05, 0.1) is 24.0 Å². The van der Waals surface area contributed by atoms with E-state index in [1.165, 1.54) is 0 Å². The number of hydrogen-bond donors (Lipinski definition) is 2. The van der Waals surface area contributed by atoms with Gasteiger partial charge in [-0.1, -0.05) is 49.3 Å². The zero-order valence-electron chi connectivity index (χ0n) is 21.3. The van der Waals surface area contributed by atoms with E-state index in [0.29, 0.717) is 24.4 Å². The van der Waals surface area contributed by atoms with Gasteiger partial charge in [-0.15, -0.1) is 0 Å². The first-order valence-corrected chi connectivity index (χ1v) is 12.5. The second kappa shape index (κ2) is 11.0. The summed E-state index contributed by atoms with van der Waals surface area (Å²) in [6, 6.07) is 12.2. The van der Waals surface area contributed by atoms with E-state index in [9.17, 15) is 14.7 Å². The summed E-state index contributed by atoms with van der Waals surface area (Å²) < 4.78 is 5.42. The molecule has 1 aliphatic heterocycles. The van der Waals surface area contributed by atoms with E-state index in [1.807, 2.05) is 64.1 Å². The van der Waals surface area contributed by atoms with Crippen LogP contribution in [0.4, 0.5) is 0 Å². The van der Waals surface area contributed by atoms with Gasteiger partial charge in [-0.3, -0.25) is 14.6 Å². The quantitative estimate of drug-likeness (QED) is 0.495. The molecule has 2 N–H and O–H groups in total. The maximum Gasteiger partial charge on any atom is 0.243 e. The molecule has 1 aromatic carbocycles. The van der Waals surface area contributed by atoms with Crippen molar-refractivity contribution in [2.75, 3.05) is 13.2 Å². The summed E-state index contributed by atoms with van der Waals surface area (Å²) in [5, 5.41) is 17.0. The second-order valence-corrected chi connectivity index (χ2v) is 9.82. The molecule has 4 rings (SSSR count). The van der Waals surface area contributed by atoms with Crippen LogP contribution in [0.5, 0.6) is 0 Å². The first kappa shape index (κ1) is 25.6. The number of aliphatic hydroxyl groups is 1. The smallest absolute Gasteiger partial charge is 0.243 e. The lowest BCUT2D eigenvalue weighted by Crippen LogP contribution is -2.49. The minimum absolute atomic E-state index is 0.0133. The van der Waals surface area contributed by atoms with Crippen molar-refractivity contribution in [2.45, 2.75) is 58.5 Å². The third kappa shape index (κ3) is 5.33. The van der Waals surface area contributed by atoms with Crippen LogP contribution >= 0.6 is 0 Å². The molecule has 3 atom stereocenters. The number of nitrogens with one attached hydrogen (secondary N) is 1. The molecule has 2 aromatic heterocycles. The number of carbonyl (C=O) groups is 2. The number of aryl methyl sites for hydroxylation is 2. The van der Waals surface area contributed by atoms with Gasteiger partial charge in [0.2, 0.25) is 11.8 Å². The van der Waals surface area contributed by atoms with Crippen LogP contribution in [-0.2, 0) is 9.59 Å². The van der Waals surface area contributed by atoms with Crippen molar-refractivity contribution in [3.05, 3.63) is 71.2 Å². The number of aromatic nitrogens is 2. The number of nitrogens with zero attached hydrogens (tertiary/aromatic N) is 3. The van der Waals surface area contributed by atoms with Crippen LogP contribution in [0.25, 0.3) is 11.3 Å². The van der Waals surface area contributed by atoms with E-state index in [1.54, 1.807) is 17.2 Å². The Morgan fingerprint density at radius 2 is 1.94 bits per heavy atom. The first-order chi connectivity index (χ1) is 17.3. The average Bonchev–Trinajstić information content (AvgIpc) is 3.52. The highest BCUT2D eigenvalue weighted by atomic mass is 16.5. The van der Waals surface area contributed by atoms with E-state index in [2.05, 4.69) is 15.5 Å². The number of pyridine rings is 1. The topological polar surface area (TPSA) is 109 Å². The van der Waals surface area contributed by atoms with Gasteiger partial charge in [0.15, 0.2) is 0 Å². The third-order valence-electron chi connectivity index (χ3n) is 6.82. The van der Waals surface area contributed by atoms with Gasteiger partial charge in [0.25, 0.3) is 0 Å². The Morgan fingerprint density at radius 3 is 2.56 bits per heavy atom. The fraction of sp³-hybridized carbons (Fsp3) is 0.429. The minimum Gasteiger partial charge on any atom is -0.394 e. The summed E-state index contributed by atoms with van der Waals surface area (Å²) in [4.78, 5) is 32.9. The monoisotopic (exact) mass is 490 g/mol. The van der Waals surface area contributed by atoms with Crippen LogP contribution in [0.15, 0.2) is 53.2 Å². The van der Waals surface area contributed by atoms with Crippen LogP contribution in [0, 0.1) is 19.8 Å². The zero-order valence-corrected chi connectivity index (χ0v) is 21.3. The van der Waals surface area contributed by atoms with E-state index >= 15 is 0 Å². The molecule has 190 valence electrons. The summed E-state index contributed by atoms with van der Waals surface area (Å²) in [6.45, 7) is 8.01. The fourth-order valence-electron chi connectivity index (χ4n) is 4.91. The van der Waals surface area contributed by atoms with Crippen LogP contribution in [0.2, 0.25) is 0 Å². The summed E-state index contributed by atoms with van der Waals surface area (Å²) in [5.41, 5.74) is 4.44. The van der Waals surface area contributed by atoms with Gasteiger partial charge >= 0.3 is 0 Å². The highest BCUT2D eigenvalue weighted by Gasteiger charge is 2.40. The largest absolute Gasteiger partial charge is 0.394 e. The highest BCUT2D eigenvalue weighted by Crippen LogP contribution is 2.31. The average molecular weight is 491 g/mol. The van der Waals surface area contributed by atoms with Crippen LogP contribution in [0.3, 0.4) is 0 Å². The minimum atomic E-state index is -0.591. The molecule has 3 aromatic rings. The van der Waals surface area contributed by atoms with Crippen LogP contribution in [0.1, 0.15) is 61.2 Å². The standard InChI is InChI=1S/C28H34N4O4/c1-17(2)25(24-15-19(4)31-36-24)28(35)32-14-6-8-23(32)27(34)30-22(16-33)20-9-11-21(12-10-20)26-18(3)7-5-13-29-26/h5,7,9-13,15,17,22-23,25,33H,6,8,14,16H2,1-4H3,(H,30,34)/t22-,23-,25+/m0/s1. The molecule has 3 heterocycles. The molecule has 1 fully saturated rings. The van der Waals surface area contributed by atoms with Gasteiger partial charge in [0, 0.05) is 24.4 Å². The molecular formula is C28H34N4O4. The molecule has 8 heteroatoms. The van der Waals surface area contributed by atoms with Crippen LogP contribution in [-0.4, -0.2) is 51.2 Å². The molecule has 0 aliphatic carbocycles. The van der Waals surface area contributed by atoms with Gasteiger partial charge in [-0.25, -0.2) is 0 Å². The lowest BCUT2D eigenvalue weighted by atomic mass is 9.91. The van der Waals surface area contributed by atoms with Crippen molar-refractivity contribution >= 4 is 11.8 Å². The number of amides is 2. The summed E-state index contributed by atoms with van der Waals surface area (Å²) >= 11 is 0. The number of benzene rings is 1. The molecule has 1 aliphatic rings. The summed E-state index contributed by atoms with van der Waals surface area (Å²) in [6.07, 6.45) is 3.08. The molecule has 0 bridgehead atoms. The predicted octanol–water partition coefficient (Wildman–Crippen LogP) is 3.93. The van der Waals surface area contributed by atoms with Crippen molar-refractivity contribution in [1.29, 1.82) is 0 Å². The SMILES string of the molecule is Cc1cc([C@H](C(=O)N2CCC[C@H]2C(=O)N[C@@H](CO)c2ccc(-c3ncccc3C)cc2)C(C)C)on1. The van der Waals surface area contributed by atoms with E-state index in [4.69, 9.17) is 4.52 Å².